The summed E-state index contributed by atoms with van der Waals surface area (Å²) in [6, 6.07) is 13.2. The summed E-state index contributed by atoms with van der Waals surface area (Å²) in [6.45, 7) is 0. The first kappa shape index (κ1) is 16.3. The monoisotopic (exact) mass is 444 g/mol. The number of halogens is 2. The van der Waals surface area contributed by atoms with Gasteiger partial charge in [-0.05, 0) is 0 Å². The molecule has 4 nitrogen and oxygen atoms in total. The number of hydrogen-bond acceptors (Lipinski definition) is 2. The van der Waals surface area contributed by atoms with Gasteiger partial charge in [0.1, 0.15) is 0 Å². The predicted molar refractivity (Wildman–Crippen MR) is 85.3 cm³/mol. The second-order valence-electron chi connectivity index (χ2n) is 4.75. The fraction of sp³-hybridized carbons (Fsp3) is 0.0625. The van der Waals surface area contributed by atoms with E-state index in [1.54, 1.807) is 48.5 Å². The Kier molecular flexibility index (Phi) is 4.60. The molecule has 0 bridgehead atoms. The Bertz CT molecular complexity index is 905. The molecule has 3 aromatic rings. The summed E-state index contributed by atoms with van der Waals surface area (Å²) < 4.78 is 40.6. The average molecular weight is 444 g/mol. The molecule has 0 saturated heterocycles. The summed E-state index contributed by atoms with van der Waals surface area (Å²) >= 11 is -0.519. The van der Waals surface area contributed by atoms with Crippen molar-refractivity contribution in [3.8, 4) is 0 Å². The van der Waals surface area contributed by atoms with Gasteiger partial charge < -0.3 is 0 Å². The van der Waals surface area contributed by atoms with Gasteiger partial charge in [-0.15, -0.1) is 0 Å². The second-order valence-corrected chi connectivity index (χ2v) is 8.72. The van der Waals surface area contributed by atoms with E-state index in [-0.39, 0.29) is 10.7 Å². The molecule has 1 aromatic heterocycles. The van der Waals surface area contributed by atoms with Gasteiger partial charge in [-0.2, -0.15) is 0 Å². The standard InChI is InChI=1S/C16H14FIN2O2S/c1-18-13-10-14(16-12(15(13)17)8-5-9-19-16)20-23(21,22)11-6-3-2-4-7-11/h2-10H,1H3,(H2,20,21,22). The Morgan fingerprint density at radius 2 is 1.96 bits per heavy atom. The maximum atomic E-state index is 14.4. The van der Waals surface area contributed by atoms with E-state index < -0.39 is 31.6 Å². The SMILES string of the molecule is C[I-]c1cc(N[S+](=O)(O)c2ccccc2)c2ncccc2c1F. The zero-order valence-corrected chi connectivity index (χ0v) is 15.1. The van der Waals surface area contributed by atoms with Crippen LogP contribution < -0.4 is 25.9 Å². The summed E-state index contributed by atoms with van der Waals surface area (Å²) in [4.78, 5) is 6.37. The maximum absolute atomic E-state index is 14.4. The number of rotatable bonds is 4. The van der Waals surface area contributed by atoms with Crippen LogP contribution in [0.1, 0.15) is 0 Å². The average Bonchev–Trinajstić information content (AvgIpc) is 2.58. The van der Waals surface area contributed by atoms with Gasteiger partial charge in [0.2, 0.25) is 0 Å². The number of hydrogen-bond donors (Lipinski definition) is 2. The van der Waals surface area contributed by atoms with Crippen LogP contribution in [0.3, 0.4) is 0 Å². The van der Waals surface area contributed by atoms with Crippen molar-refractivity contribution in [1.82, 2.24) is 4.98 Å². The Hall–Kier alpha value is -1.58. The van der Waals surface area contributed by atoms with Crippen molar-refractivity contribution in [1.29, 1.82) is 0 Å². The van der Waals surface area contributed by atoms with E-state index in [1.165, 1.54) is 6.20 Å². The summed E-state index contributed by atoms with van der Waals surface area (Å²) in [5, 5.41) is 0.359. The molecule has 1 atom stereocenters. The van der Waals surface area contributed by atoms with E-state index >= 15 is 0 Å². The third kappa shape index (κ3) is 3.22. The number of nitrogens with one attached hydrogen (secondary N) is 1. The Morgan fingerprint density at radius 1 is 1.22 bits per heavy atom. The number of fused-ring (bicyclic) bond motifs is 1. The quantitative estimate of drug-likeness (QED) is 0.353. The summed E-state index contributed by atoms with van der Waals surface area (Å²) in [6.07, 6.45) is 1.54. The summed E-state index contributed by atoms with van der Waals surface area (Å²) in [5.41, 5.74) is 0.721. The van der Waals surface area contributed by atoms with Gasteiger partial charge in [0.05, 0.1) is 0 Å². The number of benzene rings is 2. The van der Waals surface area contributed by atoms with Crippen molar-refractivity contribution in [2.24, 2.45) is 0 Å². The molecule has 0 saturated carbocycles. The Morgan fingerprint density at radius 3 is 2.65 bits per heavy atom. The van der Waals surface area contributed by atoms with Crippen LogP contribution in [0.4, 0.5) is 10.1 Å². The van der Waals surface area contributed by atoms with Crippen LogP contribution >= 0.6 is 0 Å². The number of alkyl halides is 1. The van der Waals surface area contributed by atoms with Crippen molar-refractivity contribution < 1.29 is 34.4 Å². The molecule has 7 heteroatoms. The normalized spacial score (nSPS) is 13.9. The van der Waals surface area contributed by atoms with E-state index in [9.17, 15) is 13.2 Å². The van der Waals surface area contributed by atoms with E-state index in [2.05, 4.69) is 9.71 Å². The van der Waals surface area contributed by atoms with E-state index in [1.807, 2.05) is 4.93 Å². The number of nitrogens with zero attached hydrogens (tertiary/aromatic N) is 1. The number of aromatic nitrogens is 1. The minimum absolute atomic E-state index is 0.265. The van der Waals surface area contributed by atoms with Gasteiger partial charge in [0.15, 0.2) is 0 Å². The molecule has 0 radical (unpaired) electrons. The first-order chi connectivity index (χ1) is 11.0. The van der Waals surface area contributed by atoms with E-state index in [0.717, 1.165) is 0 Å². The van der Waals surface area contributed by atoms with Crippen LogP contribution in [0.5, 0.6) is 0 Å². The molecule has 1 unspecified atom stereocenters. The zero-order valence-electron chi connectivity index (χ0n) is 12.2. The van der Waals surface area contributed by atoms with Crippen molar-refractivity contribution >= 4 is 27.0 Å². The molecule has 2 N–H and O–H groups in total. The molecule has 1 heterocycles. The molecular formula is C16H14FIN2O2S. The molecule has 23 heavy (non-hydrogen) atoms. The summed E-state index contributed by atoms with van der Waals surface area (Å²) in [7, 11) is -3.49. The van der Waals surface area contributed by atoms with Gasteiger partial charge in [0, 0.05) is 0 Å². The van der Waals surface area contributed by atoms with E-state index in [4.69, 9.17) is 0 Å². The Labute approximate surface area is 144 Å². The fourth-order valence-electron chi connectivity index (χ4n) is 2.21. The molecule has 120 valence electrons. The third-order valence-electron chi connectivity index (χ3n) is 3.29. The van der Waals surface area contributed by atoms with Crippen LogP contribution in [0, 0.1) is 9.39 Å². The third-order valence-corrected chi connectivity index (χ3v) is 6.65. The van der Waals surface area contributed by atoms with Crippen LogP contribution in [-0.2, 0) is 14.6 Å². The second kappa shape index (κ2) is 6.50. The van der Waals surface area contributed by atoms with Crippen molar-refractivity contribution in [2.75, 3.05) is 9.65 Å². The van der Waals surface area contributed by atoms with Crippen LogP contribution in [-0.4, -0.2) is 14.5 Å². The number of anilines is 1. The molecule has 0 aliphatic rings. The topological polar surface area (TPSA) is 62.2 Å². The minimum atomic E-state index is -3.49. The van der Waals surface area contributed by atoms with Crippen LogP contribution in [0.25, 0.3) is 10.9 Å². The molecule has 3 rings (SSSR count). The molecule has 0 aliphatic carbocycles. The first-order valence-electron chi connectivity index (χ1n) is 6.69. The fourth-order valence-corrected chi connectivity index (χ4v) is 4.70. The predicted octanol–water partition coefficient (Wildman–Crippen LogP) is 0.621. The Balaban J connectivity index is 2.13. The molecule has 0 spiro atoms. The number of pyridine rings is 1. The molecule has 0 aliphatic heterocycles. The molecular weight excluding hydrogens is 430 g/mol. The van der Waals surface area contributed by atoms with Crippen molar-refractivity contribution in [2.45, 2.75) is 4.90 Å². The molecule has 0 fully saturated rings. The summed E-state index contributed by atoms with van der Waals surface area (Å²) in [5.74, 6) is -0.293. The van der Waals surface area contributed by atoms with Crippen LogP contribution in [0.15, 0.2) is 59.6 Å². The van der Waals surface area contributed by atoms with Gasteiger partial charge in [0.25, 0.3) is 0 Å². The van der Waals surface area contributed by atoms with Crippen molar-refractivity contribution in [3.63, 3.8) is 0 Å². The van der Waals surface area contributed by atoms with Gasteiger partial charge in [-0.1, -0.05) is 0 Å². The van der Waals surface area contributed by atoms with Crippen molar-refractivity contribution in [3.05, 3.63) is 64.1 Å². The van der Waals surface area contributed by atoms with Gasteiger partial charge in [-0.3, -0.25) is 0 Å². The first-order valence-corrected chi connectivity index (χ1v) is 11.4. The molecule has 2 aromatic carbocycles. The zero-order chi connectivity index (χ0) is 16.4. The van der Waals surface area contributed by atoms with Crippen LogP contribution in [0.2, 0.25) is 0 Å². The van der Waals surface area contributed by atoms with E-state index in [0.29, 0.717) is 20.2 Å². The molecule has 0 amide bonds. The van der Waals surface area contributed by atoms with Gasteiger partial charge in [-0.25, -0.2) is 0 Å². The van der Waals surface area contributed by atoms with Gasteiger partial charge >= 0.3 is 145 Å².